The van der Waals surface area contributed by atoms with Crippen LogP contribution in [-0.4, -0.2) is 26.1 Å². The van der Waals surface area contributed by atoms with Crippen LogP contribution in [0, 0.1) is 5.92 Å². The highest BCUT2D eigenvalue weighted by atomic mass is 35.5. The Balaban J connectivity index is 1.33. The Labute approximate surface area is 157 Å². The van der Waals surface area contributed by atoms with Crippen molar-refractivity contribution in [3.8, 4) is 11.3 Å². The van der Waals surface area contributed by atoms with Crippen LogP contribution in [0.25, 0.3) is 11.3 Å². The van der Waals surface area contributed by atoms with Crippen molar-refractivity contribution in [1.82, 2.24) is 15.4 Å². The predicted octanol–water partition coefficient (Wildman–Crippen LogP) is 4.42. The van der Waals surface area contributed by atoms with Crippen LogP contribution in [0.2, 0.25) is 5.02 Å². The number of nitrogens with zero attached hydrogens (tertiary/aromatic N) is 2. The third kappa shape index (κ3) is 4.00. The van der Waals surface area contributed by atoms with Gasteiger partial charge in [0.1, 0.15) is 0 Å². The number of rotatable bonds is 5. The van der Waals surface area contributed by atoms with Crippen molar-refractivity contribution in [2.45, 2.75) is 44.1 Å². The van der Waals surface area contributed by atoms with Gasteiger partial charge in [-0.2, -0.15) is 5.10 Å². The van der Waals surface area contributed by atoms with Crippen LogP contribution in [0.1, 0.15) is 36.9 Å². The molecule has 4 rings (SSSR count). The van der Waals surface area contributed by atoms with E-state index in [0.29, 0.717) is 18.1 Å². The largest absolute Gasteiger partial charge is 0.389 e. The summed E-state index contributed by atoms with van der Waals surface area (Å²) in [4.78, 5) is 0. The van der Waals surface area contributed by atoms with E-state index in [2.05, 4.69) is 27.5 Å². The summed E-state index contributed by atoms with van der Waals surface area (Å²) < 4.78 is 5.37. The number of hydrogen-bond acceptors (Lipinski definition) is 4. The van der Waals surface area contributed by atoms with Crippen molar-refractivity contribution in [1.29, 1.82) is 0 Å². The quantitative estimate of drug-likeness (QED) is 0.695. The standard InChI is InChI=1S/C20H22ClN3O2/c21-17-3-1-14(2-4-17)9-15-5-7-20(25,8-6-15)11-18-10-19(26-24-18)16-12-22-23-13-16/h1-4,10,12-13,15,25H,5-9,11H2,(H,22,23). The fourth-order valence-corrected chi connectivity index (χ4v) is 3.93. The van der Waals surface area contributed by atoms with E-state index in [9.17, 15) is 5.11 Å². The molecule has 1 aromatic carbocycles. The van der Waals surface area contributed by atoms with Gasteiger partial charge in [-0.05, 0) is 55.7 Å². The van der Waals surface area contributed by atoms with E-state index in [1.807, 2.05) is 18.2 Å². The molecule has 0 aliphatic heterocycles. The molecule has 1 saturated carbocycles. The molecule has 6 heteroatoms. The zero-order valence-corrected chi connectivity index (χ0v) is 15.2. The maximum atomic E-state index is 11.0. The number of aromatic nitrogens is 3. The lowest BCUT2D eigenvalue weighted by Crippen LogP contribution is -2.36. The van der Waals surface area contributed by atoms with Gasteiger partial charge in [-0.15, -0.1) is 0 Å². The molecule has 0 spiro atoms. The third-order valence-corrected chi connectivity index (χ3v) is 5.58. The smallest absolute Gasteiger partial charge is 0.170 e. The first kappa shape index (κ1) is 17.3. The number of aromatic amines is 1. The summed E-state index contributed by atoms with van der Waals surface area (Å²) in [6.45, 7) is 0. The van der Waals surface area contributed by atoms with Crippen molar-refractivity contribution < 1.29 is 9.63 Å². The van der Waals surface area contributed by atoms with Gasteiger partial charge in [-0.25, -0.2) is 0 Å². The van der Waals surface area contributed by atoms with Gasteiger partial charge in [0.25, 0.3) is 0 Å². The molecule has 1 fully saturated rings. The monoisotopic (exact) mass is 371 g/mol. The molecule has 2 heterocycles. The topological polar surface area (TPSA) is 74.9 Å². The van der Waals surface area contributed by atoms with E-state index >= 15 is 0 Å². The average Bonchev–Trinajstić information content (AvgIpc) is 3.30. The average molecular weight is 372 g/mol. The molecular weight excluding hydrogens is 350 g/mol. The maximum absolute atomic E-state index is 11.0. The zero-order valence-electron chi connectivity index (χ0n) is 14.5. The second kappa shape index (κ2) is 7.25. The minimum absolute atomic E-state index is 0.530. The molecule has 0 atom stereocenters. The first-order valence-corrected chi connectivity index (χ1v) is 9.39. The van der Waals surface area contributed by atoms with E-state index in [0.717, 1.165) is 48.4 Å². The predicted molar refractivity (Wildman–Crippen MR) is 99.9 cm³/mol. The molecule has 1 aliphatic carbocycles. The summed E-state index contributed by atoms with van der Waals surface area (Å²) in [5.74, 6) is 1.28. The summed E-state index contributed by atoms with van der Waals surface area (Å²) >= 11 is 5.95. The summed E-state index contributed by atoms with van der Waals surface area (Å²) in [6.07, 6.45) is 8.65. The number of H-pyrrole nitrogens is 1. The lowest BCUT2D eigenvalue weighted by Gasteiger charge is -2.35. The lowest BCUT2D eigenvalue weighted by atomic mass is 9.75. The van der Waals surface area contributed by atoms with Crippen LogP contribution in [0.5, 0.6) is 0 Å². The summed E-state index contributed by atoms with van der Waals surface area (Å²) in [7, 11) is 0. The van der Waals surface area contributed by atoms with Crippen LogP contribution in [0.15, 0.2) is 47.2 Å². The van der Waals surface area contributed by atoms with Crippen LogP contribution < -0.4 is 0 Å². The molecule has 0 unspecified atom stereocenters. The molecule has 2 N–H and O–H groups in total. The zero-order chi connectivity index (χ0) is 18.0. The normalized spacial score (nSPS) is 23.2. The molecule has 5 nitrogen and oxygen atoms in total. The second-order valence-electron chi connectivity index (χ2n) is 7.34. The molecular formula is C20H22ClN3O2. The Hall–Kier alpha value is -2.11. The summed E-state index contributed by atoms with van der Waals surface area (Å²) in [5, 5.41) is 22.5. The van der Waals surface area contributed by atoms with Crippen molar-refractivity contribution in [2.24, 2.45) is 5.92 Å². The summed E-state index contributed by atoms with van der Waals surface area (Å²) in [5.41, 5.74) is 2.27. The van der Waals surface area contributed by atoms with E-state index in [-0.39, 0.29) is 0 Å². The molecule has 0 amide bonds. The van der Waals surface area contributed by atoms with Gasteiger partial charge in [-0.1, -0.05) is 28.9 Å². The molecule has 26 heavy (non-hydrogen) atoms. The molecule has 0 bridgehead atoms. The molecule has 0 saturated heterocycles. The van der Waals surface area contributed by atoms with Crippen LogP contribution in [0.3, 0.4) is 0 Å². The van der Waals surface area contributed by atoms with E-state index in [4.69, 9.17) is 16.1 Å². The highest BCUT2D eigenvalue weighted by Crippen LogP contribution is 2.36. The number of nitrogens with one attached hydrogen (secondary N) is 1. The number of halogens is 1. The molecule has 3 aromatic rings. The van der Waals surface area contributed by atoms with Crippen LogP contribution >= 0.6 is 11.6 Å². The van der Waals surface area contributed by atoms with Crippen molar-refractivity contribution in [3.05, 3.63) is 59.0 Å². The first-order valence-electron chi connectivity index (χ1n) is 9.01. The Morgan fingerprint density at radius 2 is 2.00 bits per heavy atom. The fourth-order valence-electron chi connectivity index (χ4n) is 3.80. The van der Waals surface area contributed by atoms with Gasteiger partial charge in [0.15, 0.2) is 5.76 Å². The van der Waals surface area contributed by atoms with Crippen LogP contribution in [-0.2, 0) is 12.8 Å². The van der Waals surface area contributed by atoms with Gasteiger partial charge in [0.05, 0.1) is 23.1 Å². The van der Waals surface area contributed by atoms with E-state index in [1.54, 1.807) is 12.4 Å². The van der Waals surface area contributed by atoms with Crippen molar-refractivity contribution >= 4 is 11.6 Å². The highest BCUT2D eigenvalue weighted by molar-refractivity contribution is 6.30. The first-order chi connectivity index (χ1) is 12.6. The Kier molecular flexibility index (Phi) is 4.83. The molecule has 136 valence electrons. The van der Waals surface area contributed by atoms with Crippen molar-refractivity contribution in [2.75, 3.05) is 0 Å². The Bertz CT molecular complexity index is 834. The SMILES string of the molecule is OC1(Cc2cc(-c3cn[nH]c3)on2)CCC(Cc2ccc(Cl)cc2)CC1. The van der Waals surface area contributed by atoms with Gasteiger partial charge < -0.3 is 9.63 Å². The van der Waals surface area contributed by atoms with Crippen molar-refractivity contribution in [3.63, 3.8) is 0 Å². The number of hydrogen-bond donors (Lipinski definition) is 2. The van der Waals surface area contributed by atoms with Gasteiger partial charge >= 0.3 is 0 Å². The number of benzene rings is 1. The summed E-state index contributed by atoms with van der Waals surface area (Å²) in [6, 6.07) is 9.96. The maximum Gasteiger partial charge on any atom is 0.170 e. The lowest BCUT2D eigenvalue weighted by molar-refractivity contribution is -0.0100. The molecule has 2 aromatic heterocycles. The third-order valence-electron chi connectivity index (χ3n) is 5.33. The van der Waals surface area contributed by atoms with Gasteiger partial charge in [0.2, 0.25) is 0 Å². The Morgan fingerprint density at radius 1 is 1.23 bits per heavy atom. The minimum atomic E-state index is -0.693. The van der Waals surface area contributed by atoms with E-state index < -0.39 is 5.60 Å². The fraction of sp³-hybridized carbons (Fsp3) is 0.400. The second-order valence-corrected chi connectivity index (χ2v) is 7.78. The molecule has 0 radical (unpaired) electrons. The molecule has 1 aliphatic rings. The minimum Gasteiger partial charge on any atom is -0.389 e. The van der Waals surface area contributed by atoms with E-state index in [1.165, 1.54) is 5.56 Å². The number of aliphatic hydroxyl groups is 1. The highest BCUT2D eigenvalue weighted by Gasteiger charge is 2.34. The van der Waals surface area contributed by atoms with Crippen LogP contribution in [0.4, 0.5) is 0 Å². The van der Waals surface area contributed by atoms with Gasteiger partial charge in [-0.3, -0.25) is 5.10 Å². The van der Waals surface area contributed by atoms with Gasteiger partial charge in [0, 0.05) is 23.7 Å². The Morgan fingerprint density at radius 3 is 2.69 bits per heavy atom.